The highest BCUT2D eigenvalue weighted by Crippen LogP contribution is 2.10. The number of allylic oxidation sites excluding steroid dienone is 2. The minimum absolute atomic E-state index is 0.0178. The number of ether oxygens (including phenoxy) is 2. The molecule has 0 fully saturated rings. The van der Waals surface area contributed by atoms with Crippen LogP contribution in [0, 0.1) is 0 Å². The molecule has 0 radical (unpaired) electrons. The average molecular weight is 473 g/mol. The third-order valence-electron chi connectivity index (χ3n) is 5.65. The van der Waals surface area contributed by atoms with Crippen LogP contribution in [0.15, 0.2) is 12.2 Å². The summed E-state index contributed by atoms with van der Waals surface area (Å²) in [7, 11) is 5.46. The second kappa shape index (κ2) is 20.0. The van der Waals surface area contributed by atoms with Crippen molar-refractivity contribution in [2.75, 3.05) is 41.0 Å². The Hall–Kier alpha value is -1.44. The normalized spacial score (nSPS) is 13.8. The Morgan fingerprint density at radius 2 is 1.45 bits per heavy atom. The number of likely N-dealkylation sites (N-methyl/N-ethyl adjacent to an activating group) is 1. The van der Waals surface area contributed by atoms with Gasteiger partial charge in [0, 0.05) is 12.8 Å². The number of esters is 1. The molecule has 0 heterocycles. The Morgan fingerprint density at radius 1 is 0.879 bits per heavy atom. The van der Waals surface area contributed by atoms with Crippen molar-refractivity contribution in [3.63, 3.8) is 0 Å². The van der Waals surface area contributed by atoms with Gasteiger partial charge in [0.05, 0.1) is 34.4 Å². The number of carboxylic acids is 1. The van der Waals surface area contributed by atoms with E-state index >= 15 is 0 Å². The predicted molar refractivity (Wildman–Crippen MR) is 132 cm³/mol. The number of aliphatic hydroxyl groups excluding tert-OH is 1. The zero-order chi connectivity index (χ0) is 25.0. The van der Waals surface area contributed by atoms with Gasteiger partial charge >= 0.3 is 11.9 Å². The van der Waals surface area contributed by atoms with E-state index in [0.717, 1.165) is 25.7 Å². The summed E-state index contributed by atoms with van der Waals surface area (Å²) in [5.74, 6) is -1.17. The number of hydrogen-bond acceptors (Lipinski definition) is 5. The van der Waals surface area contributed by atoms with E-state index in [1.807, 2.05) is 21.1 Å². The van der Waals surface area contributed by atoms with E-state index in [1.54, 1.807) is 0 Å². The summed E-state index contributed by atoms with van der Waals surface area (Å²) < 4.78 is 10.8. The van der Waals surface area contributed by atoms with Crippen molar-refractivity contribution in [1.82, 2.24) is 0 Å². The van der Waals surface area contributed by atoms with Gasteiger partial charge in [-0.15, -0.1) is 0 Å². The van der Waals surface area contributed by atoms with Crippen LogP contribution in [-0.2, 0) is 19.1 Å². The zero-order valence-electron chi connectivity index (χ0n) is 21.6. The number of carboxylic acid groups (broad SMARTS) is 1. The van der Waals surface area contributed by atoms with Crippen molar-refractivity contribution in [2.24, 2.45) is 0 Å². The zero-order valence-corrected chi connectivity index (χ0v) is 21.6. The number of rotatable bonds is 22. The van der Waals surface area contributed by atoms with Gasteiger partial charge in [-0.1, -0.05) is 57.6 Å². The van der Waals surface area contributed by atoms with Crippen LogP contribution in [0.3, 0.4) is 0 Å². The van der Waals surface area contributed by atoms with E-state index in [4.69, 9.17) is 9.47 Å². The Kier molecular flexibility index (Phi) is 19.1. The highest BCUT2D eigenvalue weighted by molar-refractivity contribution is 5.72. The number of unbranched alkanes of at least 4 members (excludes halogenated alkanes) is 9. The summed E-state index contributed by atoms with van der Waals surface area (Å²) in [5, 5.41) is 19.2. The molecule has 0 saturated carbocycles. The first-order valence-electron chi connectivity index (χ1n) is 12.8. The Morgan fingerprint density at radius 3 is 2.03 bits per heavy atom. The van der Waals surface area contributed by atoms with E-state index in [9.17, 15) is 19.8 Å². The van der Waals surface area contributed by atoms with Crippen LogP contribution in [0.2, 0.25) is 0 Å². The second-order valence-corrected chi connectivity index (χ2v) is 9.80. The minimum atomic E-state index is -0.902. The SMILES string of the molecule is CCCCCC/C=C\CCCCCCCC(=O)OCC(O)COCCC(C(=O)O)[N+](C)(C)C. The van der Waals surface area contributed by atoms with Gasteiger partial charge in [-0.05, 0) is 32.1 Å². The van der Waals surface area contributed by atoms with Gasteiger partial charge in [0.25, 0.3) is 0 Å². The average Bonchev–Trinajstić information content (AvgIpc) is 2.74. The van der Waals surface area contributed by atoms with Crippen molar-refractivity contribution in [2.45, 2.75) is 103 Å². The quantitative estimate of drug-likeness (QED) is 0.103. The van der Waals surface area contributed by atoms with Crippen molar-refractivity contribution < 1.29 is 33.8 Å². The summed E-state index contributed by atoms with van der Waals surface area (Å²) in [6.45, 7) is 2.38. The van der Waals surface area contributed by atoms with E-state index in [0.29, 0.717) is 17.3 Å². The highest BCUT2D eigenvalue weighted by Gasteiger charge is 2.30. The number of carbonyl (C=O) groups excluding carboxylic acids is 1. The first-order valence-corrected chi connectivity index (χ1v) is 12.8. The van der Waals surface area contributed by atoms with Crippen molar-refractivity contribution in [3.8, 4) is 0 Å². The van der Waals surface area contributed by atoms with Gasteiger partial charge in [-0.25, -0.2) is 4.79 Å². The fraction of sp³-hybridized carbons (Fsp3) is 0.846. The smallest absolute Gasteiger partial charge is 0.362 e. The number of aliphatic carboxylic acids is 1. The lowest BCUT2D eigenvalue weighted by molar-refractivity contribution is -0.887. The first kappa shape index (κ1) is 31.6. The van der Waals surface area contributed by atoms with Crippen LogP contribution in [0.25, 0.3) is 0 Å². The van der Waals surface area contributed by atoms with Crippen LogP contribution in [0.1, 0.15) is 90.4 Å². The molecule has 0 aromatic rings. The monoisotopic (exact) mass is 472 g/mol. The molecular weight excluding hydrogens is 422 g/mol. The molecule has 0 aromatic heterocycles. The van der Waals surface area contributed by atoms with Crippen LogP contribution >= 0.6 is 0 Å². The lowest BCUT2D eigenvalue weighted by atomic mass is 10.1. The molecule has 0 amide bonds. The maximum atomic E-state index is 11.8. The van der Waals surface area contributed by atoms with Gasteiger partial charge in [0.2, 0.25) is 0 Å². The maximum absolute atomic E-state index is 11.8. The fourth-order valence-corrected chi connectivity index (χ4v) is 3.55. The van der Waals surface area contributed by atoms with E-state index < -0.39 is 18.1 Å². The molecule has 33 heavy (non-hydrogen) atoms. The summed E-state index contributed by atoms with van der Waals surface area (Å²) in [6.07, 6.45) is 17.3. The molecule has 0 aliphatic heterocycles. The predicted octanol–water partition coefficient (Wildman–Crippen LogP) is 4.71. The number of nitrogens with zero attached hydrogens (tertiary/aromatic N) is 1. The van der Waals surface area contributed by atoms with Gasteiger partial charge in [-0.2, -0.15) is 0 Å². The van der Waals surface area contributed by atoms with E-state index in [-0.39, 0.29) is 25.8 Å². The molecule has 194 valence electrons. The molecule has 7 heteroatoms. The van der Waals surface area contributed by atoms with Crippen LogP contribution in [0.4, 0.5) is 0 Å². The first-order chi connectivity index (χ1) is 15.7. The molecule has 0 aliphatic rings. The molecule has 0 spiro atoms. The van der Waals surface area contributed by atoms with Crippen molar-refractivity contribution >= 4 is 11.9 Å². The fourth-order valence-electron chi connectivity index (χ4n) is 3.55. The Balaban J connectivity index is 3.61. The lowest BCUT2D eigenvalue weighted by Crippen LogP contribution is -2.50. The largest absolute Gasteiger partial charge is 0.477 e. The van der Waals surface area contributed by atoms with Crippen LogP contribution < -0.4 is 0 Å². The van der Waals surface area contributed by atoms with Crippen molar-refractivity contribution in [3.05, 3.63) is 12.2 Å². The maximum Gasteiger partial charge on any atom is 0.362 e. The van der Waals surface area contributed by atoms with Gasteiger partial charge in [0.15, 0.2) is 6.04 Å². The van der Waals surface area contributed by atoms with Crippen LogP contribution in [-0.4, -0.2) is 79.7 Å². The highest BCUT2D eigenvalue weighted by atomic mass is 16.5. The van der Waals surface area contributed by atoms with Crippen molar-refractivity contribution in [1.29, 1.82) is 0 Å². The molecule has 7 nitrogen and oxygen atoms in total. The Bertz CT molecular complexity index is 529. The van der Waals surface area contributed by atoms with Gasteiger partial charge in [0.1, 0.15) is 12.7 Å². The molecule has 2 atom stereocenters. The molecule has 0 saturated heterocycles. The summed E-state index contributed by atoms with van der Waals surface area (Å²) in [5.41, 5.74) is 0. The number of carbonyl (C=O) groups is 2. The molecule has 0 bridgehead atoms. The summed E-state index contributed by atoms with van der Waals surface area (Å²) >= 11 is 0. The standard InChI is InChI=1S/C26H49NO6/c1-5-6-7-8-9-10-11-12-13-14-15-16-17-18-25(29)33-22-23(28)21-32-20-19-24(26(30)31)27(2,3)4/h10-11,23-24,28H,5-9,12-22H2,1-4H3/p+1/b11-10-. The number of hydrogen-bond donors (Lipinski definition) is 2. The van der Waals surface area contributed by atoms with E-state index in [1.165, 1.54) is 44.9 Å². The molecule has 2 unspecified atom stereocenters. The summed E-state index contributed by atoms with van der Waals surface area (Å²) in [4.78, 5) is 23.1. The van der Waals surface area contributed by atoms with Gasteiger partial charge in [-0.3, -0.25) is 4.79 Å². The molecular formula is C26H50NO6+. The van der Waals surface area contributed by atoms with Gasteiger partial charge < -0.3 is 24.2 Å². The molecule has 0 aliphatic carbocycles. The third-order valence-corrected chi connectivity index (χ3v) is 5.65. The molecule has 2 N–H and O–H groups in total. The minimum Gasteiger partial charge on any atom is -0.477 e. The van der Waals surface area contributed by atoms with Crippen LogP contribution in [0.5, 0.6) is 0 Å². The number of quaternary nitrogens is 1. The number of aliphatic hydroxyl groups is 1. The lowest BCUT2D eigenvalue weighted by Gasteiger charge is -2.31. The molecule has 0 aromatic carbocycles. The third kappa shape index (κ3) is 19.7. The molecule has 0 rings (SSSR count). The second-order valence-electron chi connectivity index (χ2n) is 9.80. The Labute approximate surface area is 201 Å². The topological polar surface area (TPSA) is 93.1 Å². The van der Waals surface area contributed by atoms with E-state index in [2.05, 4.69) is 19.1 Å². The summed E-state index contributed by atoms with van der Waals surface area (Å²) in [6, 6.07) is -0.572.